The van der Waals surface area contributed by atoms with Crippen molar-refractivity contribution in [2.75, 3.05) is 13.7 Å². The molecule has 0 fully saturated rings. The van der Waals surface area contributed by atoms with E-state index >= 15 is 0 Å². The number of esters is 1. The minimum Gasteiger partial charge on any atom is -0.464 e. The molecule has 0 unspecified atom stereocenters. The van der Waals surface area contributed by atoms with Crippen LogP contribution in [0.5, 0.6) is 0 Å². The Morgan fingerprint density at radius 2 is 2.35 bits per heavy atom. The molecule has 0 saturated carbocycles. The fourth-order valence-electron chi connectivity index (χ4n) is 2.43. The third-order valence-corrected chi connectivity index (χ3v) is 3.85. The molecule has 0 radical (unpaired) electrons. The van der Waals surface area contributed by atoms with Crippen molar-refractivity contribution < 1.29 is 9.53 Å². The Labute approximate surface area is 125 Å². The van der Waals surface area contributed by atoms with Gasteiger partial charge in [-0.05, 0) is 18.2 Å². The lowest BCUT2D eigenvalue weighted by Crippen LogP contribution is -2.25. The van der Waals surface area contributed by atoms with Crippen molar-refractivity contribution in [2.45, 2.75) is 13.0 Å². The Balaban J connectivity index is 2.16. The van der Waals surface area contributed by atoms with Gasteiger partial charge in [-0.25, -0.2) is 9.48 Å². The molecular weight excluding hydrogens is 322 g/mol. The first-order chi connectivity index (χ1) is 9.70. The van der Waals surface area contributed by atoms with Crippen LogP contribution < -0.4 is 5.32 Å². The second-order valence-corrected chi connectivity index (χ2v) is 5.50. The van der Waals surface area contributed by atoms with Crippen LogP contribution in [-0.4, -0.2) is 29.4 Å². The number of rotatable bonds is 2. The predicted octanol–water partition coefficient (Wildman–Crippen LogP) is 2.07. The van der Waals surface area contributed by atoms with E-state index in [-0.39, 0.29) is 0 Å². The van der Waals surface area contributed by atoms with E-state index in [0.717, 1.165) is 34.4 Å². The van der Waals surface area contributed by atoms with E-state index in [1.165, 1.54) is 7.11 Å². The highest BCUT2D eigenvalue weighted by molar-refractivity contribution is 9.10. The van der Waals surface area contributed by atoms with Crippen LogP contribution in [0.2, 0.25) is 0 Å². The Hall–Kier alpha value is -1.66. The Bertz CT molecular complexity index is 666. The number of benzene rings is 1. The van der Waals surface area contributed by atoms with Crippen molar-refractivity contribution in [3.05, 3.63) is 45.7 Å². The van der Waals surface area contributed by atoms with Gasteiger partial charge in [0.15, 0.2) is 5.69 Å². The molecule has 6 heteroatoms. The molecule has 0 atom stereocenters. The van der Waals surface area contributed by atoms with E-state index in [4.69, 9.17) is 4.74 Å². The van der Waals surface area contributed by atoms with Gasteiger partial charge in [-0.3, -0.25) is 0 Å². The summed E-state index contributed by atoms with van der Waals surface area (Å²) in [6.07, 6.45) is 0.839. The molecular formula is C14H14BrN3O2. The van der Waals surface area contributed by atoms with Gasteiger partial charge in [0.05, 0.1) is 18.5 Å². The zero-order valence-corrected chi connectivity index (χ0v) is 12.6. The number of carbonyl (C=O) groups excluding carboxylic acids is 1. The number of halogens is 1. The van der Waals surface area contributed by atoms with E-state index < -0.39 is 5.97 Å². The second-order valence-electron chi connectivity index (χ2n) is 4.58. The monoisotopic (exact) mass is 335 g/mol. The summed E-state index contributed by atoms with van der Waals surface area (Å²) in [6.45, 7) is 1.53. The van der Waals surface area contributed by atoms with Crippen molar-refractivity contribution in [2.24, 2.45) is 0 Å². The van der Waals surface area contributed by atoms with E-state index in [1.54, 1.807) is 0 Å². The molecule has 0 bridgehead atoms. The third-order valence-electron chi connectivity index (χ3n) is 3.36. The summed E-state index contributed by atoms with van der Waals surface area (Å²) in [6, 6.07) is 7.87. The first-order valence-corrected chi connectivity index (χ1v) is 7.15. The third kappa shape index (κ3) is 2.25. The number of ether oxygens (including phenoxy) is 1. The van der Waals surface area contributed by atoms with Gasteiger partial charge < -0.3 is 10.1 Å². The molecule has 0 saturated heterocycles. The summed E-state index contributed by atoms with van der Waals surface area (Å²) in [5.41, 5.74) is 3.34. The fraction of sp³-hybridized carbons (Fsp3) is 0.286. The molecule has 1 aliphatic heterocycles. The van der Waals surface area contributed by atoms with Gasteiger partial charge in [-0.15, -0.1) is 0 Å². The van der Waals surface area contributed by atoms with Crippen molar-refractivity contribution in [1.82, 2.24) is 15.1 Å². The average Bonchev–Trinajstić information content (AvgIpc) is 2.86. The smallest absolute Gasteiger partial charge is 0.358 e. The van der Waals surface area contributed by atoms with Crippen LogP contribution in [0.15, 0.2) is 28.7 Å². The topological polar surface area (TPSA) is 56.1 Å². The fourth-order valence-corrected chi connectivity index (χ4v) is 2.82. The second kappa shape index (κ2) is 5.38. The van der Waals surface area contributed by atoms with Crippen molar-refractivity contribution in [3.8, 4) is 5.69 Å². The summed E-state index contributed by atoms with van der Waals surface area (Å²) in [7, 11) is 1.38. The minimum atomic E-state index is -0.390. The SMILES string of the molecule is COC(=O)c1nn(-c2cccc(Br)c2)c2c1CNCC2. The molecule has 2 heterocycles. The quantitative estimate of drug-likeness (QED) is 0.853. The maximum atomic E-state index is 11.9. The van der Waals surface area contributed by atoms with Crippen LogP contribution in [0.3, 0.4) is 0 Å². The molecule has 5 nitrogen and oxygen atoms in total. The summed E-state index contributed by atoms with van der Waals surface area (Å²) in [5, 5.41) is 7.72. The molecule has 0 amide bonds. The highest BCUT2D eigenvalue weighted by Crippen LogP contribution is 2.24. The summed E-state index contributed by atoms with van der Waals surface area (Å²) in [4.78, 5) is 11.9. The molecule has 1 aromatic heterocycles. The van der Waals surface area contributed by atoms with Crippen LogP contribution in [-0.2, 0) is 17.7 Å². The molecule has 104 valence electrons. The van der Waals surface area contributed by atoms with Gasteiger partial charge >= 0.3 is 5.97 Å². The summed E-state index contributed by atoms with van der Waals surface area (Å²) >= 11 is 3.46. The van der Waals surface area contributed by atoms with E-state index in [1.807, 2.05) is 28.9 Å². The zero-order chi connectivity index (χ0) is 14.1. The number of nitrogens with zero attached hydrogens (tertiary/aromatic N) is 2. The minimum absolute atomic E-state index is 0.390. The van der Waals surface area contributed by atoms with E-state index in [2.05, 4.69) is 26.3 Å². The van der Waals surface area contributed by atoms with Gasteiger partial charge in [0, 0.05) is 29.5 Å². The van der Waals surface area contributed by atoms with E-state index in [0.29, 0.717) is 12.2 Å². The van der Waals surface area contributed by atoms with Crippen LogP contribution >= 0.6 is 15.9 Å². The van der Waals surface area contributed by atoms with Crippen molar-refractivity contribution >= 4 is 21.9 Å². The van der Waals surface area contributed by atoms with Crippen LogP contribution in [0.25, 0.3) is 5.69 Å². The number of hydrogen-bond acceptors (Lipinski definition) is 4. The number of nitrogens with one attached hydrogen (secondary N) is 1. The number of fused-ring (bicyclic) bond motifs is 1. The highest BCUT2D eigenvalue weighted by Gasteiger charge is 2.25. The number of hydrogen-bond donors (Lipinski definition) is 1. The van der Waals surface area contributed by atoms with Crippen LogP contribution in [0.1, 0.15) is 21.7 Å². The lowest BCUT2D eigenvalue weighted by atomic mass is 10.1. The van der Waals surface area contributed by atoms with Crippen molar-refractivity contribution in [3.63, 3.8) is 0 Å². The lowest BCUT2D eigenvalue weighted by molar-refractivity contribution is 0.0592. The standard InChI is InChI=1S/C14H14BrN3O2/c1-20-14(19)13-11-8-16-6-5-12(11)18(17-13)10-4-2-3-9(15)7-10/h2-4,7,16H,5-6,8H2,1H3. The highest BCUT2D eigenvalue weighted by atomic mass is 79.9. The van der Waals surface area contributed by atoms with Gasteiger partial charge in [-0.1, -0.05) is 22.0 Å². The van der Waals surface area contributed by atoms with Crippen LogP contribution in [0, 0.1) is 0 Å². The maximum absolute atomic E-state index is 11.9. The van der Waals surface area contributed by atoms with Gasteiger partial charge in [0.25, 0.3) is 0 Å². The lowest BCUT2D eigenvalue weighted by Gasteiger charge is -2.15. The first-order valence-electron chi connectivity index (χ1n) is 6.36. The molecule has 3 rings (SSSR count). The van der Waals surface area contributed by atoms with Crippen molar-refractivity contribution in [1.29, 1.82) is 0 Å². The molecule has 0 aliphatic carbocycles. The predicted molar refractivity (Wildman–Crippen MR) is 78.0 cm³/mol. The molecule has 0 spiro atoms. The Morgan fingerprint density at radius 1 is 1.50 bits per heavy atom. The largest absolute Gasteiger partial charge is 0.464 e. The normalized spacial score (nSPS) is 13.9. The Kier molecular flexibility index (Phi) is 3.58. The molecule has 2 aromatic rings. The average molecular weight is 336 g/mol. The van der Waals surface area contributed by atoms with E-state index in [9.17, 15) is 4.79 Å². The molecule has 1 N–H and O–H groups in total. The summed E-state index contributed by atoms with van der Waals surface area (Å²) < 4.78 is 7.64. The van der Waals surface area contributed by atoms with Gasteiger partial charge in [0.2, 0.25) is 0 Å². The van der Waals surface area contributed by atoms with Gasteiger partial charge in [0.1, 0.15) is 0 Å². The summed E-state index contributed by atoms with van der Waals surface area (Å²) in [5.74, 6) is -0.390. The maximum Gasteiger partial charge on any atom is 0.358 e. The number of carbonyl (C=O) groups is 1. The molecule has 20 heavy (non-hydrogen) atoms. The number of methoxy groups -OCH3 is 1. The van der Waals surface area contributed by atoms with Crippen LogP contribution in [0.4, 0.5) is 0 Å². The zero-order valence-electron chi connectivity index (χ0n) is 11.0. The first kappa shape index (κ1) is 13.3. The number of aromatic nitrogens is 2. The molecule has 1 aromatic carbocycles. The Morgan fingerprint density at radius 3 is 3.10 bits per heavy atom. The van der Waals surface area contributed by atoms with Gasteiger partial charge in [-0.2, -0.15) is 5.10 Å². The molecule has 1 aliphatic rings.